The molecule has 0 aliphatic heterocycles. The number of methoxy groups -OCH3 is 1. The standard InChI is InChI=1S/C16H12FN3O3/c1-22-14-7-6-12(8-18-14)20-15(21)16-19-9-13(23-16)10-2-4-11(17)5-3-10/h2-9H,1H3,(H,20,21). The molecular weight excluding hydrogens is 301 g/mol. The van der Waals surface area contributed by atoms with Gasteiger partial charge < -0.3 is 14.5 Å². The Morgan fingerprint density at radius 1 is 1.13 bits per heavy atom. The van der Waals surface area contributed by atoms with Gasteiger partial charge in [0.25, 0.3) is 5.89 Å². The van der Waals surface area contributed by atoms with E-state index in [1.807, 2.05) is 0 Å². The van der Waals surface area contributed by atoms with Crippen LogP contribution < -0.4 is 10.1 Å². The fourth-order valence-corrected chi connectivity index (χ4v) is 1.89. The van der Waals surface area contributed by atoms with Gasteiger partial charge in [-0.2, -0.15) is 0 Å². The van der Waals surface area contributed by atoms with Gasteiger partial charge in [0.15, 0.2) is 5.76 Å². The summed E-state index contributed by atoms with van der Waals surface area (Å²) in [6.45, 7) is 0. The number of rotatable bonds is 4. The van der Waals surface area contributed by atoms with Crippen molar-refractivity contribution < 1.29 is 18.3 Å². The summed E-state index contributed by atoms with van der Waals surface area (Å²) in [7, 11) is 1.50. The number of carbonyl (C=O) groups excluding carboxylic acids is 1. The SMILES string of the molecule is COc1ccc(NC(=O)c2ncc(-c3ccc(F)cc3)o2)cn1. The van der Waals surface area contributed by atoms with Crippen molar-refractivity contribution in [1.29, 1.82) is 0 Å². The number of anilines is 1. The van der Waals surface area contributed by atoms with E-state index in [0.717, 1.165) is 0 Å². The maximum absolute atomic E-state index is 12.9. The van der Waals surface area contributed by atoms with Gasteiger partial charge in [-0.1, -0.05) is 0 Å². The second-order valence-corrected chi connectivity index (χ2v) is 4.58. The van der Waals surface area contributed by atoms with Crippen molar-refractivity contribution in [3.8, 4) is 17.2 Å². The summed E-state index contributed by atoms with van der Waals surface area (Å²) in [5, 5.41) is 2.61. The van der Waals surface area contributed by atoms with Crippen LogP contribution in [0.5, 0.6) is 5.88 Å². The molecule has 0 radical (unpaired) electrons. The van der Waals surface area contributed by atoms with Gasteiger partial charge in [-0.25, -0.2) is 14.4 Å². The van der Waals surface area contributed by atoms with Crippen molar-refractivity contribution in [3.05, 3.63) is 60.5 Å². The number of hydrogen-bond acceptors (Lipinski definition) is 5. The highest BCUT2D eigenvalue weighted by atomic mass is 19.1. The number of aromatic nitrogens is 2. The molecule has 0 saturated carbocycles. The monoisotopic (exact) mass is 313 g/mol. The minimum Gasteiger partial charge on any atom is -0.481 e. The zero-order valence-corrected chi connectivity index (χ0v) is 12.1. The molecule has 1 aromatic carbocycles. The van der Waals surface area contributed by atoms with Gasteiger partial charge in [0.1, 0.15) is 5.82 Å². The molecule has 2 heterocycles. The van der Waals surface area contributed by atoms with Gasteiger partial charge in [-0.3, -0.25) is 4.79 Å². The van der Waals surface area contributed by atoms with Crippen LogP contribution in [0.3, 0.4) is 0 Å². The summed E-state index contributed by atoms with van der Waals surface area (Å²) >= 11 is 0. The van der Waals surface area contributed by atoms with Crippen LogP contribution in [0.4, 0.5) is 10.1 Å². The topological polar surface area (TPSA) is 77.2 Å². The Labute approximate surface area is 130 Å². The van der Waals surface area contributed by atoms with Crippen molar-refractivity contribution in [3.63, 3.8) is 0 Å². The number of hydrogen-bond donors (Lipinski definition) is 1. The molecule has 2 aromatic heterocycles. The number of ether oxygens (including phenoxy) is 1. The molecule has 0 fully saturated rings. The summed E-state index contributed by atoms with van der Waals surface area (Å²) in [6, 6.07) is 8.97. The highest BCUT2D eigenvalue weighted by Gasteiger charge is 2.14. The molecule has 23 heavy (non-hydrogen) atoms. The Hall–Kier alpha value is -3.22. The Balaban J connectivity index is 1.74. The lowest BCUT2D eigenvalue weighted by molar-refractivity contribution is 0.0991. The lowest BCUT2D eigenvalue weighted by Crippen LogP contribution is -2.12. The molecule has 7 heteroatoms. The predicted molar refractivity (Wildman–Crippen MR) is 80.6 cm³/mol. The van der Waals surface area contributed by atoms with Crippen molar-refractivity contribution in [1.82, 2.24) is 9.97 Å². The first-order valence-corrected chi connectivity index (χ1v) is 6.69. The van der Waals surface area contributed by atoms with E-state index in [0.29, 0.717) is 22.9 Å². The van der Waals surface area contributed by atoms with Crippen LogP contribution in [0.2, 0.25) is 0 Å². The molecule has 0 saturated heterocycles. The van der Waals surface area contributed by atoms with Crippen LogP contribution in [0, 0.1) is 5.82 Å². The van der Waals surface area contributed by atoms with Crippen molar-refractivity contribution in [2.45, 2.75) is 0 Å². The maximum atomic E-state index is 12.9. The minimum absolute atomic E-state index is 0.0971. The number of benzene rings is 1. The molecule has 0 spiro atoms. The van der Waals surface area contributed by atoms with Crippen LogP contribution in [0.25, 0.3) is 11.3 Å². The zero-order valence-electron chi connectivity index (χ0n) is 12.1. The Morgan fingerprint density at radius 2 is 1.91 bits per heavy atom. The van der Waals surface area contributed by atoms with E-state index in [2.05, 4.69) is 15.3 Å². The highest BCUT2D eigenvalue weighted by molar-refractivity contribution is 6.01. The number of oxazole rings is 1. The molecule has 0 aliphatic rings. The lowest BCUT2D eigenvalue weighted by atomic mass is 10.2. The highest BCUT2D eigenvalue weighted by Crippen LogP contribution is 2.21. The van der Waals surface area contributed by atoms with E-state index >= 15 is 0 Å². The fourth-order valence-electron chi connectivity index (χ4n) is 1.89. The third kappa shape index (κ3) is 3.34. The molecule has 0 bridgehead atoms. The molecule has 1 N–H and O–H groups in total. The van der Waals surface area contributed by atoms with Crippen molar-refractivity contribution in [2.24, 2.45) is 0 Å². The van der Waals surface area contributed by atoms with E-state index in [1.165, 1.54) is 31.6 Å². The number of amides is 1. The molecule has 0 atom stereocenters. The summed E-state index contributed by atoms with van der Waals surface area (Å²) in [4.78, 5) is 20.0. The molecular formula is C16H12FN3O3. The second-order valence-electron chi connectivity index (χ2n) is 4.58. The quantitative estimate of drug-likeness (QED) is 0.800. The van der Waals surface area contributed by atoms with E-state index in [4.69, 9.17) is 9.15 Å². The molecule has 3 rings (SSSR count). The average molecular weight is 313 g/mol. The van der Waals surface area contributed by atoms with E-state index in [9.17, 15) is 9.18 Å². The van der Waals surface area contributed by atoms with Crippen molar-refractivity contribution in [2.75, 3.05) is 12.4 Å². The van der Waals surface area contributed by atoms with Gasteiger partial charge in [-0.15, -0.1) is 0 Å². The third-order valence-electron chi connectivity index (χ3n) is 3.03. The van der Waals surface area contributed by atoms with Gasteiger partial charge in [0.2, 0.25) is 5.88 Å². The number of carbonyl (C=O) groups is 1. The van der Waals surface area contributed by atoms with Crippen LogP contribution in [0.1, 0.15) is 10.7 Å². The Kier molecular flexibility index (Phi) is 4.01. The van der Waals surface area contributed by atoms with Crippen LogP contribution in [0.15, 0.2) is 53.2 Å². The number of pyridine rings is 1. The molecule has 116 valence electrons. The first kappa shape index (κ1) is 14.7. The molecule has 3 aromatic rings. The summed E-state index contributed by atoms with van der Waals surface area (Å²) in [5.74, 6) is -0.135. The largest absolute Gasteiger partial charge is 0.481 e. The normalized spacial score (nSPS) is 10.3. The molecule has 1 amide bonds. The van der Waals surface area contributed by atoms with Gasteiger partial charge in [-0.05, 0) is 30.3 Å². The van der Waals surface area contributed by atoms with Crippen LogP contribution >= 0.6 is 0 Å². The van der Waals surface area contributed by atoms with E-state index < -0.39 is 5.91 Å². The molecule has 6 nitrogen and oxygen atoms in total. The summed E-state index contributed by atoms with van der Waals surface area (Å²) in [6.07, 6.45) is 2.87. The maximum Gasteiger partial charge on any atom is 0.311 e. The Morgan fingerprint density at radius 3 is 2.57 bits per heavy atom. The zero-order chi connectivity index (χ0) is 16.2. The fraction of sp³-hybridized carbons (Fsp3) is 0.0625. The van der Waals surface area contributed by atoms with E-state index in [-0.39, 0.29) is 11.7 Å². The second kappa shape index (κ2) is 6.27. The smallest absolute Gasteiger partial charge is 0.311 e. The van der Waals surface area contributed by atoms with Crippen molar-refractivity contribution >= 4 is 11.6 Å². The first-order valence-electron chi connectivity index (χ1n) is 6.69. The number of halogens is 1. The molecule has 0 aliphatic carbocycles. The van der Waals surface area contributed by atoms with Crippen LogP contribution in [-0.2, 0) is 0 Å². The van der Waals surface area contributed by atoms with Gasteiger partial charge in [0, 0.05) is 11.6 Å². The first-order chi connectivity index (χ1) is 11.2. The third-order valence-corrected chi connectivity index (χ3v) is 3.03. The molecule has 0 unspecified atom stereocenters. The number of nitrogens with one attached hydrogen (secondary N) is 1. The van der Waals surface area contributed by atoms with Crippen LogP contribution in [-0.4, -0.2) is 23.0 Å². The summed E-state index contributed by atoms with van der Waals surface area (Å²) in [5.41, 5.74) is 1.11. The van der Waals surface area contributed by atoms with Gasteiger partial charge in [0.05, 0.1) is 25.2 Å². The van der Waals surface area contributed by atoms with E-state index in [1.54, 1.807) is 24.3 Å². The minimum atomic E-state index is -0.509. The predicted octanol–water partition coefficient (Wildman–Crippen LogP) is 3.14. The lowest BCUT2D eigenvalue weighted by Gasteiger charge is -2.03. The Bertz CT molecular complexity index is 813. The van der Waals surface area contributed by atoms with Gasteiger partial charge >= 0.3 is 5.91 Å². The summed E-state index contributed by atoms with van der Waals surface area (Å²) < 4.78 is 23.2. The average Bonchev–Trinajstić information content (AvgIpc) is 3.06. The number of nitrogens with zero attached hydrogens (tertiary/aromatic N) is 2.